The third kappa shape index (κ3) is 4.86. The van der Waals surface area contributed by atoms with E-state index in [0.717, 1.165) is 49.8 Å². The molecular formula is C27H36N2O4S. The molecule has 2 aromatic rings. The van der Waals surface area contributed by atoms with Crippen molar-refractivity contribution in [2.24, 2.45) is 0 Å². The van der Waals surface area contributed by atoms with Crippen LogP contribution in [0.4, 0.5) is 0 Å². The molecule has 2 aliphatic rings. The van der Waals surface area contributed by atoms with Crippen LogP contribution in [0.15, 0.2) is 47.4 Å². The summed E-state index contributed by atoms with van der Waals surface area (Å²) in [6.07, 6.45) is 6.21. The van der Waals surface area contributed by atoms with Gasteiger partial charge in [0.15, 0.2) is 0 Å². The molecule has 6 nitrogen and oxygen atoms in total. The molecule has 1 amide bonds. The number of aryl methyl sites for hydroxylation is 1. The van der Waals surface area contributed by atoms with Gasteiger partial charge in [-0.3, -0.25) is 4.79 Å². The van der Waals surface area contributed by atoms with E-state index in [-0.39, 0.29) is 22.4 Å². The van der Waals surface area contributed by atoms with E-state index in [1.807, 2.05) is 24.3 Å². The predicted octanol–water partition coefficient (Wildman–Crippen LogP) is 5.37. The van der Waals surface area contributed by atoms with Gasteiger partial charge in [-0.05, 0) is 56.4 Å². The highest BCUT2D eigenvalue weighted by Gasteiger charge is 2.39. The molecule has 2 heterocycles. The molecule has 0 bridgehead atoms. The van der Waals surface area contributed by atoms with E-state index in [2.05, 4.69) is 19.2 Å². The van der Waals surface area contributed by atoms with E-state index in [1.165, 1.54) is 0 Å². The summed E-state index contributed by atoms with van der Waals surface area (Å²) in [7, 11) is -3.65. The molecule has 1 fully saturated rings. The standard InChI is InChI=1S/C27H36N2O4S/c1-4-27(5-2)19-23(22-12-8-9-13-24(22)33-27)28-26(30)21-15-14-20(3)25(18-21)34(31,32)29-16-10-6-7-11-17-29/h8-9,12-15,18,23H,4-7,10-11,16-17,19H2,1-3H3,(H,28,30). The van der Waals surface area contributed by atoms with Crippen molar-refractivity contribution in [1.29, 1.82) is 0 Å². The largest absolute Gasteiger partial charge is 0.487 e. The van der Waals surface area contributed by atoms with E-state index in [1.54, 1.807) is 29.4 Å². The number of carbonyl (C=O) groups is 1. The van der Waals surface area contributed by atoms with Crippen molar-refractivity contribution in [3.63, 3.8) is 0 Å². The van der Waals surface area contributed by atoms with Crippen LogP contribution in [0.3, 0.4) is 0 Å². The number of rotatable bonds is 6. The van der Waals surface area contributed by atoms with Gasteiger partial charge in [0.2, 0.25) is 10.0 Å². The van der Waals surface area contributed by atoms with E-state index < -0.39 is 10.0 Å². The molecular weight excluding hydrogens is 448 g/mol. The summed E-state index contributed by atoms with van der Waals surface area (Å²) in [6.45, 7) is 7.07. The molecule has 0 saturated carbocycles. The first-order valence-electron chi connectivity index (χ1n) is 12.5. The summed E-state index contributed by atoms with van der Waals surface area (Å²) in [4.78, 5) is 13.6. The average molecular weight is 485 g/mol. The number of para-hydroxylation sites is 1. The van der Waals surface area contributed by atoms with Crippen LogP contribution in [0.5, 0.6) is 5.75 Å². The number of fused-ring (bicyclic) bond motifs is 1. The normalized spacial score (nSPS) is 20.6. The van der Waals surface area contributed by atoms with Gasteiger partial charge in [0.1, 0.15) is 11.4 Å². The Balaban J connectivity index is 1.62. The molecule has 0 aliphatic carbocycles. The van der Waals surface area contributed by atoms with Gasteiger partial charge in [0, 0.05) is 30.6 Å². The average Bonchev–Trinajstić information content (AvgIpc) is 3.14. The second-order valence-electron chi connectivity index (χ2n) is 9.56. The molecule has 0 aromatic heterocycles. The zero-order valence-corrected chi connectivity index (χ0v) is 21.3. The molecule has 4 rings (SSSR count). The summed E-state index contributed by atoms with van der Waals surface area (Å²) >= 11 is 0. The number of amides is 1. The lowest BCUT2D eigenvalue weighted by Crippen LogP contribution is -2.44. The van der Waals surface area contributed by atoms with Gasteiger partial charge in [0.25, 0.3) is 5.91 Å². The Bertz CT molecular complexity index is 1130. The molecule has 1 atom stereocenters. The smallest absolute Gasteiger partial charge is 0.251 e. The van der Waals surface area contributed by atoms with Crippen LogP contribution in [-0.2, 0) is 10.0 Å². The number of benzene rings is 2. The lowest BCUT2D eigenvalue weighted by atomic mass is 9.83. The van der Waals surface area contributed by atoms with Crippen molar-refractivity contribution in [2.45, 2.75) is 82.3 Å². The van der Waals surface area contributed by atoms with Gasteiger partial charge in [-0.25, -0.2) is 8.42 Å². The van der Waals surface area contributed by atoms with E-state index in [0.29, 0.717) is 30.6 Å². The third-order valence-corrected chi connectivity index (χ3v) is 9.46. The first kappa shape index (κ1) is 24.7. The monoisotopic (exact) mass is 484 g/mol. The van der Waals surface area contributed by atoms with Crippen LogP contribution in [0.25, 0.3) is 0 Å². The summed E-state index contributed by atoms with van der Waals surface area (Å²) in [5.41, 5.74) is 1.65. The Labute approximate surface area is 203 Å². The highest BCUT2D eigenvalue weighted by Crippen LogP contribution is 2.42. The van der Waals surface area contributed by atoms with Gasteiger partial charge in [-0.2, -0.15) is 4.31 Å². The zero-order valence-electron chi connectivity index (χ0n) is 20.5. The Hall–Kier alpha value is -2.38. The summed E-state index contributed by atoms with van der Waals surface area (Å²) in [6, 6.07) is 12.6. The number of nitrogens with one attached hydrogen (secondary N) is 1. The SMILES string of the molecule is CCC1(CC)CC(NC(=O)c2ccc(C)c(S(=O)(=O)N3CCCCCC3)c2)c2ccccc2O1. The summed E-state index contributed by atoms with van der Waals surface area (Å²) in [5.74, 6) is 0.534. The Morgan fingerprint density at radius 1 is 1.06 bits per heavy atom. The van der Waals surface area contributed by atoms with Crippen LogP contribution >= 0.6 is 0 Å². The number of sulfonamides is 1. The molecule has 1 saturated heterocycles. The molecule has 1 N–H and O–H groups in total. The van der Waals surface area contributed by atoms with Crippen LogP contribution in [0.2, 0.25) is 0 Å². The number of hydrogen-bond donors (Lipinski definition) is 1. The molecule has 2 aromatic carbocycles. The first-order chi connectivity index (χ1) is 16.3. The van der Waals surface area contributed by atoms with Gasteiger partial charge < -0.3 is 10.1 Å². The lowest BCUT2D eigenvalue weighted by molar-refractivity contribution is 0.0227. The molecule has 2 aliphatic heterocycles. The van der Waals surface area contributed by atoms with E-state index in [9.17, 15) is 13.2 Å². The van der Waals surface area contributed by atoms with Crippen LogP contribution in [0.1, 0.15) is 86.3 Å². The Morgan fingerprint density at radius 3 is 2.41 bits per heavy atom. The molecule has 1 unspecified atom stereocenters. The van der Waals surface area contributed by atoms with Crippen molar-refractivity contribution < 1.29 is 17.9 Å². The number of nitrogens with zero attached hydrogens (tertiary/aromatic N) is 1. The second-order valence-corrected chi connectivity index (χ2v) is 11.5. The maximum atomic E-state index is 13.4. The lowest BCUT2D eigenvalue weighted by Gasteiger charge is -2.41. The van der Waals surface area contributed by atoms with Gasteiger partial charge in [-0.1, -0.05) is 51.0 Å². The van der Waals surface area contributed by atoms with Crippen LogP contribution in [0, 0.1) is 6.92 Å². The number of carbonyl (C=O) groups excluding carboxylic acids is 1. The maximum absolute atomic E-state index is 13.4. The summed E-state index contributed by atoms with van der Waals surface area (Å²) < 4.78 is 34.8. The molecule has 0 radical (unpaired) electrons. The second kappa shape index (κ2) is 10.1. The van der Waals surface area contributed by atoms with E-state index >= 15 is 0 Å². The third-order valence-electron chi connectivity index (χ3n) is 7.42. The molecule has 184 valence electrons. The Kier molecular flexibility index (Phi) is 7.33. The minimum atomic E-state index is -3.65. The van der Waals surface area contributed by atoms with Crippen molar-refractivity contribution in [3.05, 3.63) is 59.2 Å². The summed E-state index contributed by atoms with van der Waals surface area (Å²) in [5, 5.41) is 3.18. The first-order valence-corrected chi connectivity index (χ1v) is 13.9. The topological polar surface area (TPSA) is 75.7 Å². The molecule has 7 heteroatoms. The number of ether oxygens (including phenoxy) is 1. The quantitative estimate of drug-likeness (QED) is 0.598. The highest BCUT2D eigenvalue weighted by molar-refractivity contribution is 7.89. The van der Waals surface area contributed by atoms with Crippen molar-refractivity contribution in [3.8, 4) is 5.75 Å². The van der Waals surface area contributed by atoms with Gasteiger partial charge >= 0.3 is 0 Å². The fourth-order valence-electron chi connectivity index (χ4n) is 5.11. The molecule has 0 spiro atoms. The van der Waals surface area contributed by atoms with Gasteiger partial charge in [0.05, 0.1) is 10.9 Å². The Morgan fingerprint density at radius 2 is 1.74 bits per heavy atom. The van der Waals surface area contributed by atoms with Crippen molar-refractivity contribution in [2.75, 3.05) is 13.1 Å². The number of hydrogen-bond acceptors (Lipinski definition) is 4. The van der Waals surface area contributed by atoms with Crippen LogP contribution < -0.4 is 10.1 Å². The minimum Gasteiger partial charge on any atom is -0.487 e. The highest BCUT2D eigenvalue weighted by atomic mass is 32.2. The van der Waals surface area contributed by atoms with Crippen molar-refractivity contribution in [1.82, 2.24) is 9.62 Å². The fourth-order valence-corrected chi connectivity index (χ4v) is 6.88. The fraction of sp³-hybridized carbons (Fsp3) is 0.519. The van der Waals surface area contributed by atoms with E-state index in [4.69, 9.17) is 4.74 Å². The van der Waals surface area contributed by atoms with Crippen LogP contribution in [-0.4, -0.2) is 37.3 Å². The van der Waals surface area contributed by atoms with Gasteiger partial charge in [-0.15, -0.1) is 0 Å². The van der Waals surface area contributed by atoms with Crippen molar-refractivity contribution >= 4 is 15.9 Å². The maximum Gasteiger partial charge on any atom is 0.251 e. The molecule has 34 heavy (non-hydrogen) atoms. The zero-order chi connectivity index (χ0) is 24.3. The predicted molar refractivity (Wildman–Crippen MR) is 134 cm³/mol. The minimum absolute atomic E-state index is 0.204.